The van der Waals surface area contributed by atoms with Gasteiger partial charge in [-0.05, 0) is 6.92 Å². The Hall–Kier alpha value is -0.380. The smallest absolute Gasteiger partial charge is 0.108 e. The minimum atomic E-state index is 0.181. The van der Waals surface area contributed by atoms with Crippen molar-refractivity contribution in [3.8, 4) is 0 Å². The van der Waals surface area contributed by atoms with Crippen LogP contribution in [-0.2, 0) is 14.5 Å². The van der Waals surface area contributed by atoms with Crippen molar-refractivity contribution in [3.63, 3.8) is 0 Å². The zero-order valence-electron chi connectivity index (χ0n) is 6.84. The first-order valence-electron chi connectivity index (χ1n) is 3.79. The van der Waals surface area contributed by atoms with Crippen molar-refractivity contribution in [2.24, 2.45) is 0 Å². The molecular weight excluding hydrogens is 144 g/mol. The Morgan fingerprint density at radius 2 is 2.45 bits per heavy atom. The van der Waals surface area contributed by atoms with Gasteiger partial charge in [0.15, 0.2) is 0 Å². The van der Waals surface area contributed by atoms with Crippen molar-refractivity contribution in [1.82, 2.24) is 0 Å². The third kappa shape index (κ3) is 3.51. The first-order chi connectivity index (χ1) is 5.29. The van der Waals surface area contributed by atoms with Gasteiger partial charge in [-0.1, -0.05) is 12.2 Å². The maximum absolute atomic E-state index is 5.44. The highest BCUT2D eigenvalue weighted by Gasteiger charge is 2.14. The minimum absolute atomic E-state index is 0.181. The Bertz CT molecular complexity index is 127. The van der Waals surface area contributed by atoms with Crippen molar-refractivity contribution < 1.29 is 14.5 Å². The van der Waals surface area contributed by atoms with E-state index < -0.39 is 0 Å². The number of hydrogen-bond donors (Lipinski definition) is 0. The van der Waals surface area contributed by atoms with E-state index in [0.717, 1.165) is 12.0 Å². The van der Waals surface area contributed by atoms with Crippen LogP contribution in [0.3, 0.4) is 0 Å². The monoisotopic (exact) mass is 158 g/mol. The van der Waals surface area contributed by atoms with Crippen molar-refractivity contribution >= 4 is 0 Å². The summed E-state index contributed by atoms with van der Waals surface area (Å²) >= 11 is 0. The lowest BCUT2D eigenvalue weighted by Crippen LogP contribution is -2.27. The topological polar surface area (TPSA) is 27.7 Å². The molecule has 1 heterocycles. The zero-order valence-corrected chi connectivity index (χ0v) is 6.84. The maximum atomic E-state index is 5.44. The number of rotatable bonds is 3. The Morgan fingerprint density at radius 1 is 1.64 bits per heavy atom. The van der Waals surface area contributed by atoms with Crippen molar-refractivity contribution in [2.45, 2.75) is 19.4 Å². The lowest BCUT2D eigenvalue weighted by molar-refractivity contribution is -0.333. The molecule has 1 aliphatic heterocycles. The summed E-state index contributed by atoms with van der Waals surface area (Å²) in [5.74, 6) is 0. The molecule has 0 spiro atoms. The normalized spacial score (nSPS) is 25.0. The third-order valence-electron chi connectivity index (χ3n) is 1.43. The van der Waals surface area contributed by atoms with Gasteiger partial charge in [0.05, 0.1) is 19.3 Å². The molecule has 1 fully saturated rings. The van der Waals surface area contributed by atoms with Gasteiger partial charge in [0.25, 0.3) is 0 Å². The summed E-state index contributed by atoms with van der Waals surface area (Å²) < 4.78 is 5.44. The summed E-state index contributed by atoms with van der Waals surface area (Å²) in [4.78, 5) is 9.46. The lowest BCUT2D eigenvalue weighted by Gasteiger charge is -2.21. The largest absolute Gasteiger partial charge is 0.371 e. The Kier molecular flexibility index (Phi) is 3.56. The van der Waals surface area contributed by atoms with Gasteiger partial charge in [0.2, 0.25) is 0 Å². The van der Waals surface area contributed by atoms with Crippen LogP contribution >= 0.6 is 0 Å². The minimum Gasteiger partial charge on any atom is -0.371 e. The molecule has 64 valence electrons. The van der Waals surface area contributed by atoms with E-state index >= 15 is 0 Å². The molecule has 0 saturated carbocycles. The SMILES string of the molecule is C=C(C)COC1CCOOC1. The molecule has 0 aliphatic carbocycles. The van der Waals surface area contributed by atoms with Crippen molar-refractivity contribution in [3.05, 3.63) is 12.2 Å². The molecule has 1 aliphatic rings. The molecule has 1 unspecified atom stereocenters. The highest BCUT2D eigenvalue weighted by Crippen LogP contribution is 2.07. The summed E-state index contributed by atoms with van der Waals surface area (Å²) in [6.07, 6.45) is 1.09. The van der Waals surface area contributed by atoms with Gasteiger partial charge in [0.1, 0.15) is 6.61 Å². The Labute approximate surface area is 66.9 Å². The van der Waals surface area contributed by atoms with Crippen LogP contribution < -0.4 is 0 Å². The van der Waals surface area contributed by atoms with Gasteiger partial charge >= 0.3 is 0 Å². The van der Waals surface area contributed by atoms with Crippen LogP contribution in [0.1, 0.15) is 13.3 Å². The predicted molar refractivity (Wildman–Crippen MR) is 41.1 cm³/mol. The van der Waals surface area contributed by atoms with Gasteiger partial charge in [-0.3, -0.25) is 0 Å². The summed E-state index contributed by atoms with van der Waals surface area (Å²) in [5, 5.41) is 0. The first kappa shape index (κ1) is 8.71. The second kappa shape index (κ2) is 4.49. The average molecular weight is 158 g/mol. The van der Waals surface area contributed by atoms with Gasteiger partial charge in [-0.25, -0.2) is 9.78 Å². The molecule has 1 rings (SSSR count). The maximum Gasteiger partial charge on any atom is 0.108 e. The van der Waals surface area contributed by atoms with Crippen LogP contribution in [-0.4, -0.2) is 25.9 Å². The standard InChI is InChI=1S/C8H14O3/c1-7(2)5-9-8-3-4-10-11-6-8/h8H,1,3-6H2,2H3. The van der Waals surface area contributed by atoms with Crippen LogP contribution in [0.15, 0.2) is 12.2 Å². The fourth-order valence-corrected chi connectivity index (χ4v) is 0.837. The van der Waals surface area contributed by atoms with E-state index in [2.05, 4.69) is 6.58 Å². The summed E-state index contributed by atoms with van der Waals surface area (Å²) in [6, 6.07) is 0. The van der Waals surface area contributed by atoms with Crippen LogP contribution in [0.2, 0.25) is 0 Å². The second-order valence-electron chi connectivity index (χ2n) is 2.79. The van der Waals surface area contributed by atoms with Crippen LogP contribution in [0, 0.1) is 0 Å². The molecule has 1 saturated heterocycles. The molecular formula is C8H14O3. The summed E-state index contributed by atoms with van der Waals surface area (Å²) in [6.45, 7) is 7.47. The fourth-order valence-electron chi connectivity index (χ4n) is 0.837. The third-order valence-corrected chi connectivity index (χ3v) is 1.43. The molecule has 0 aromatic heterocycles. The Morgan fingerprint density at radius 3 is 3.00 bits per heavy atom. The van der Waals surface area contributed by atoms with E-state index in [1.807, 2.05) is 6.92 Å². The molecule has 11 heavy (non-hydrogen) atoms. The molecule has 3 nitrogen and oxygen atoms in total. The van der Waals surface area contributed by atoms with Crippen LogP contribution in [0.5, 0.6) is 0 Å². The predicted octanol–water partition coefficient (Wildman–Crippen LogP) is 1.30. The van der Waals surface area contributed by atoms with E-state index in [0.29, 0.717) is 19.8 Å². The highest BCUT2D eigenvalue weighted by molar-refractivity contribution is 4.87. The number of ether oxygens (including phenoxy) is 1. The molecule has 0 N–H and O–H groups in total. The van der Waals surface area contributed by atoms with E-state index in [9.17, 15) is 0 Å². The van der Waals surface area contributed by atoms with Gasteiger partial charge < -0.3 is 4.74 Å². The van der Waals surface area contributed by atoms with Gasteiger partial charge in [-0.2, -0.15) is 0 Å². The quantitative estimate of drug-likeness (QED) is 0.457. The van der Waals surface area contributed by atoms with Gasteiger partial charge in [-0.15, -0.1) is 0 Å². The van der Waals surface area contributed by atoms with E-state index in [4.69, 9.17) is 14.5 Å². The van der Waals surface area contributed by atoms with Crippen molar-refractivity contribution in [2.75, 3.05) is 19.8 Å². The summed E-state index contributed by atoms with van der Waals surface area (Å²) in [7, 11) is 0. The molecule has 0 bridgehead atoms. The average Bonchev–Trinajstić information content (AvgIpc) is 2.03. The first-order valence-corrected chi connectivity index (χ1v) is 3.79. The molecule has 0 aromatic carbocycles. The molecule has 1 atom stereocenters. The van der Waals surface area contributed by atoms with Crippen LogP contribution in [0.4, 0.5) is 0 Å². The fraction of sp³-hybridized carbons (Fsp3) is 0.750. The number of hydrogen-bond acceptors (Lipinski definition) is 3. The zero-order chi connectivity index (χ0) is 8.10. The Balaban J connectivity index is 2.09. The summed E-state index contributed by atoms with van der Waals surface area (Å²) in [5.41, 5.74) is 1.04. The molecule has 0 aromatic rings. The highest BCUT2D eigenvalue weighted by atomic mass is 17.2. The van der Waals surface area contributed by atoms with Crippen LogP contribution in [0.25, 0.3) is 0 Å². The second-order valence-corrected chi connectivity index (χ2v) is 2.79. The van der Waals surface area contributed by atoms with Gasteiger partial charge in [0, 0.05) is 6.42 Å². The molecule has 0 radical (unpaired) electrons. The van der Waals surface area contributed by atoms with Crippen molar-refractivity contribution in [1.29, 1.82) is 0 Å². The molecule has 3 heteroatoms. The molecule has 0 amide bonds. The van der Waals surface area contributed by atoms with E-state index in [-0.39, 0.29) is 6.10 Å². The van der Waals surface area contributed by atoms with E-state index in [1.165, 1.54) is 0 Å². The lowest BCUT2D eigenvalue weighted by atomic mass is 10.2. The van der Waals surface area contributed by atoms with E-state index in [1.54, 1.807) is 0 Å².